The second-order valence-corrected chi connectivity index (χ2v) is 5.59. The first-order chi connectivity index (χ1) is 10.7. The van der Waals surface area contributed by atoms with Crippen molar-refractivity contribution in [3.63, 3.8) is 0 Å². The molecule has 0 aliphatic heterocycles. The Morgan fingerprint density at radius 2 is 1.68 bits per heavy atom. The van der Waals surface area contributed by atoms with Crippen LogP contribution in [0.15, 0.2) is 59.3 Å². The maximum absolute atomic E-state index is 9.39. The molecule has 4 nitrogen and oxygen atoms in total. The third-order valence-electron chi connectivity index (χ3n) is 3.29. The standard InChI is InChI=1S/C17H11BrN4/c18-13-3-1-11(2-4-13)14-9-16(12-5-7-21-8-6-12)22-17(20)15(14)10-19/h1-9H,(H2,20,22). The molecule has 0 saturated carbocycles. The first-order valence-corrected chi connectivity index (χ1v) is 7.35. The lowest BCUT2D eigenvalue weighted by Gasteiger charge is -2.10. The van der Waals surface area contributed by atoms with E-state index < -0.39 is 0 Å². The largest absolute Gasteiger partial charge is 0.383 e. The van der Waals surface area contributed by atoms with Crippen LogP contribution in [0.3, 0.4) is 0 Å². The number of nitrogens with zero attached hydrogens (tertiary/aromatic N) is 3. The highest BCUT2D eigenvalue weighted by molar-refractivity contribution is 9.10. The van der Waals surface area contributed by atoms with Gasteiger partial charge in [-0.2, -0.15) is 5.26 Å². The van der Waals surface area contributed by atoms with Gasteiger partial charge in [0.1, 0.15) is 17.5 Å². The average Bonchev–Trinajstić information content (AvgIpc) is 2.55. The van der Waals surface area contributed by atoms with E-state index in [0.29, 0.717) is 5.56 Å². The normalized spacial score (nSPS) is 10.2. The van der Waals surface area contributed by atoms with Gasteiger partial charge >= 0.3 is 0 Å². The van der Waals surface area contributed by atoms with E-state index in [1.807, 2.05) is 42.5 Å². The Balaban J connectivity index is 2.22. The summed E-state index contributed by atoms with van der Waals surface area (Å²) < 4.78 is 0.978. The zero-order valence-electron chi connectivity index (χ0n) is 11.5. The first-order valence-electron chi connectivity index (χ1n) is 6.56. The van der Waals surface area contributed by atoms with E-state index in [4.69, 9.17) is 5.73 Å². The topological polar surface area (TPSA) is 75.6 Å². The fraction of sp³-hybridized carbons (Fsp3) is 0. The van der Waals surface area contributed by atoms with Crippen LogP contribution in [0.25, 0.3) is 22.4 Å². The predicted octanol–water partition coefficient (Wildman–Crippen LogP) is 4.03. The molecule has 0 aliphatic carbocycles. The van der Waals surface area contributed by atoms with Crippen molar-refractivity contribution in [3.05, 3.63) is 64.9 Å². The molecule has 2 aromatic heterocycles. The number of anilines is 1. The van der Waals surface area contributed by atoms with Gasteiger partial charge in [-0.1, -0.05) is 28.1 Å². The van der Waals surface area contributed by atoms with E-state index in [1.165, 1.54) is 0 Å². The highest BCUT2D eigenvalue weighted by Gasteiger charge is 2.13. The molecule has 5 heteroatoms. The van der Waals surface area contributed by atoms with Gasteiger partial charge in [-0.05, 0) is 35.9 Å². The van der Waals surface area contributed by atoms with Crippen molar-refractivity contribution >= 4 is 21.7 Å². The molecule has 22 heavy (non-hydrogen) atoms. The van der Waals surface area contributed by atoms with Gasteiger partial charge in [-0.3, -0.25) is 4.98 Å². The first kappa shape index (κ1) is 14.2. The number of hydrogen-bond acceptors (Lipinski definition) is 4. The van der Waals surface area contributed by atoms with E-state index in [9.17, 15) is 5.26 Å². The zero-order valence-corrected chi connectivity index (χ0v) is 13.1. The molecule has 0 atom stereocenters. The Hall–Kier alpha value is -2.71. The summed E-state index contributed by atoms with van der Waals surface area (Å²) in [5.41, 5.74) is 9.69. The lowest BCUT2D eigenvalue weighted by atomic mass is 9.99. The molecule has 0 aliphatic rings. The molecule has 3 aromatic rings. The molecule has 2 N–H and O–H groups in total. The number of rotatable bonds is 2. The van der Waals surface area contributed by atoms with Gasteiger partial charge in [-0.15, -0.1) is 0 Å². The molecule has 0 unspecified atom stereocenters. The molecule has 2 heterocycles. The monoisotopic (exact) mass is 350 g/mol. The smallest absolute Gasteiger partial charge is 0.142 e. The Bertz CT molecular complexity index is 852. The van der Waals surface area contributed by atoms with Crippen molar-refractivity contribution in [2.24, 2.45) is 0 Å². The van der Waals surface area contributed by atoms with E-state index in [1.54, 1.807) is 12.4 Å². The third-order valence-corrected chi connectivity index (χ3v) is 3.82. The molecule has 0 saturated heterocycles. The number of pyridine rings is 2. The average molecular weight is 351 g/mol. The molecular weight excluding hydrogens is 340 g/mol. The van der Waals surface area contributed by atoms with Gasteiger partial charge in [0.15, 0.2) is 0 Å². The van der Waals surface area contributed by atoms with Crippen LogP contribution >= 0.6 is 15.9 Å². The van der Waals surface area contributed by atoms with Gasteiger partial charge in [0.2, 0.25) is 0 Å². The molecular formula is C17H11BrN4. The second-order valence-electron chi connectivity index (χ2n) is 4.67. The van der Waals surface area contributed by atoms with Crippen LogP contribution in [-0.2, 0) is 0 Å². The van der Waals surface area contributed by atoms with Crippen molar-refractivity contribution in [3.8, 4) is 28.5 Å². The van der Waals surface area contributed by atoms with E-state index in [0.717, 1.165) is 26.9 Å². The number of aromatic nitrogens is 2. The van der Waals surface area contributed by atoms with E-state index in [2.05, 4.69) is 32.0 Å². The van der Waals surface area contributed by atoms with E-state index in [-0.39, 0.29) is 5.82 Å². The lowest BCUT2D eigenvalue weighted by molar-refractivity contribution is 1.28. The summed E-state index contributed by atoms with van der Waals surface area (Å²) in [7, 11) is 0. The number of benzene rings is 1. The third kappa shape index (κ3) is 2.69. The number of nitrogen functional groups attached to an aromatic ring is 1. The summed E-state index contributed by atoms with van der Waals surface area (Å²) in [6.07, 6.45) is 3.40. The molecule has 0 amide bonds. The van der Waals surface area contributed by atoms with Crippen LogP contribution in [0.5, 0.6) is 0 Å². The van der Waals surface area contributed by atoms with Crippen LogP contribution in [0.1, 0.15) is 5.56 Å². The van der Waals surface area contributed by atoms with Crippen molar-refractivity contribution in [2.75, 3.05) is 5.73 Å². The van der Waals surface area contributed by atoms with Crippen molar-refractivity contribution in [2.45, 2.75) is 0 Å². The summed E-state index contributed by atoms with van der Waals surface area (Å²) in [5, 5.41) is 9.39. The van der Waals surface area contributed by atoms with Crippen molar-refractivity contribution < 1.29 is 0 Å². The Morgan fingerprint density at radius 3 is 2.32 bits per heavy atom. The molecule has 0 radical (unpaired) electrons. The maximum atomic E-state index is 9.39. The fourth-order valence-electron chi connectivity index (χ4n) is 2.21. The lowest BCUT2D eigenvalue weighted by Crippen LogP contribution is -1.99. The van der Waals surface area contributed by atoms with Gasteiger partial charge in [0.05, 0.1) is 5.69 Å². The fourth-order valence-corrected chi connectivity index (χ4v) is 2.47. The highest BCUT2D eigenvalue weighted by atomic mass is 79.9. The quantitative estimate of drug-likeness (QED) is 0.756. The Labute approximate surface area is 136 Å². The molecule has 0 bridgehead atoms. The predicted molar refractivity (Wildman–Crippen MR) is 89.7 cm³/mol. The summed E-state index contributed by atoms with van der Waals surface area (Å²) in [5.74, 6) is 0.231. The molecule has 106 valence electrons. The van der Waals surface area contributed by atoms with Crippen LogP contribution < -0.4 is 5.73 Å². The zero-order chi connectivity index (χ0) is 15.5. The van der Waals surface area contributed by atoms with Gasteiger partial charge < -0.3 is 5.73 Å². The highest BCUT2D eigenvalue weighted by Crippen LogP contribution is 2.31. The SMILES string of the molecule is N#Cc1c(-c2ccc(Br)cc2)cc(-c2ccncc2)nc1N. The Morgan fingerprint density at radius 1 is 1.00 bits per heavy atom. The summed E-state index contributed by atoms with van der Waals surface area (Å²) in [6, 6.07) is 15.5. The Kier molecular flexibility index (Phi) is 3.86. The van der Waals surface area contributed by atoms with Crippen molar-refractivity contribution in [1.29, 1.82) is 5.26 Å². The number of nitrogens with two attached hydrogens (primary N) is 1. The van der Waals surface area contributed by atoms with Crippen LogP contribution in [0.4, 0.5) is 5.82 Å². The molecule has 1 aromatic carbocycles. The molecule has 0 fully saturated rings. The number of nitriles is 1. The van der Waals surface area contributed by atoms with Crippen LogP contribution in [0.2, 0.25) is 0 Å². The van der Waals surface area contributed by atoms with Gasteiger partial charge in [-0.25, -0.2) is 4.98 Å². The van der Waals surface area contributed by atoms with E-state index >= 15 is 0 Å². The number of halogens is 1. The summed E-state index contributed by atoms with van der Waals surface area (Å²) in [4.78, 5) is 8.34. The van der Waals surface area contributed by atoms with Crippen molar-refractivity contribution in [1.82, 2.24) is 9.97 Å². The van der Waals surface area contributed by atoms with Gasteiger partial charge in [0, 0.05) is 28.0 Å². The van der Waals surface area contributed by atoms with Crippen LogP contribution in [0, 0.1) is 11.3 Å². The minimum absolute atomic E-state index is 0.231. The van der Waals surface area contributed by atoms with Gasteiger partial charge in [0.25, 0.3) is 0 Å². The number of hydrogen-bond donors (Lipinski definition) is 1. The minimum Gasteiger partial charge on any atom is -0.383 e. The molecule has 3 rings (SSSR count). The second kappa shape index (κ2) is 5.96. The van der Waals surface area contributed by atoms with Crippen LogP contribution in [-0.4, -0.2) is 9.97 Å². The summed E-state index contributed by atoms with van der Waals surface area (Å²) in [6.45, 7) is 0. The molecule has 0 spiro atoms. The minimum atomic E-state index is 0.231. The summed E-state index contributed by atoms with van der Waals surface area (Å²) >= 11 is 3.41. The maximum Gasteiger partial charge on any atom is 0.142 e.